The van der Waals surface area contributed by atoms with Crippen LogP contribution in [0.15, 0.2) is 107 Å². The molecule has 1 unspecified atom stereocenters. The van der Waals surface area contributed by atoms with Crippen molar-refractivity contribution < 1.29 is 29.3 Å². The van der Waals surface area contributed by atoms with E-state index in [2.05, 4.69) is 48.6 Å². The molecule has 0 aromatic rings. The monoisotopic (exact) mass is 715 g/mol. The van der Waals surface area contributed by atoms with Crippen molar-refractivity contribution >= 4 is 29.0 Å². The van der Waals surface area contributed by atoms with Gasteiger partial charge in [0.25, 0.3) is 0 Å². The minimum Gasteiger partial charge on any atom is -0.515 e. The van der Waals surface area contributed by atoms with Gasteiger partial charge in [-0.3, -0.25) is 9.59 Å². The fourth-order valence-electron chi connectivity index (χ4n) is 6.36. The van der Waals surface area contributed by atoms with Crippen LogP contribution in [0.25, 0.3) is 0 Å². The molecule has 0 saturated carbocycles. The van der Waals surface area contributed by atoms with Crippen molar-refractivity contribution in [2.45, 2.75) is 87.0 Å². The summed E-state index contributed by atoms with van der Waals surface area (Å²) in [6.45, 7) is 14.7. The first-order valence-corrected chi connectivity index (χ1v) is 18.0. The highest BCUT2D eigenvalue weighted by Crippen LogP contribution is 2.39. The Kier molecular flexibility index (Phi) is 15.5. The van der Waals surface area contributed by atoms with Crippen molar-refractivity contribution in [2.75, 3.05) is 41.5 Å². The maximum Gasteiger partial charge on any atom is 0.305 e. The lowest BCUT2D eigenvalue weighted by molar-refractivity contribution is -0.140. The summed E-state index contributed by atoms with van der Waals surface area (Å²) >= 11 is 0. The Hall–Kier alpha value is -4.61. The number of hydrogen-bond acceptors (Lipinski definition) is 10. The second-order valence-corrected chi connectivity index (χ2v) is 13.3. The number of carbonyl (C=O) groups excluding carboxylic acids is 2. The van der Waals surface area contributed by atoms with E-state index in [4.69, 9.17) is 15.0 Å². The summed E-state index contributed by atoms with van der Waals surface area (Å²) in [6.07, 6.45) is 11.2. The van der Waals surface area contributed by atoms with Crippen molar-refractivity contribution in [1.82, 2.24) is 10.2 Å². The molecule has 11 nitrogen and oxygen atoms in total. The third-order valence-corrected chi connectivity index (χ3v) is 9.63. The lowest BCUT2D eigenvalue weighted by Gasteiger charge is -2.20. The Balaban J connectivity index is 0.000000725. The Morgan fingerprint density at radius 3 is 2.10 bits per heavy atom. The van der Waals surface area contributed by atoms with Crippen molar-refractivity contribution in [3.8, 4) is 0 Å². The van der Waals surface area contributed by atoms with Gasteiger partial charge < -0.3 is 29.9 Å². The third kappa shape index (κ3) is 9.43. The van der Waals surface area contributed by atoms with Gasteiger partial charge in [-0.05, 0) is 80.6 Å². The van der Waals surface area contributed by atoms with Crippen LogP contribution in [0.4, 0.5) is 0 Å². The molecule has 5 aliphatic heterocycles. The Bertz CT molecular complexity index is 1770. The Labute approximate surface area is 309 Å². The lowest BCUT2D eigenvalue weighted by atomic mass is 9.93. The molecule has 5 heterocycles. The van der Waals surface area contributed by atoms with Crippen LogP contribution in [-0.2, 0) is 19.1 Å². The van der Waals surface area contributed by atoms with Gasteiger partial charge in [0.1, 0.15) is 0 Å². The fourth-order valence-corrected chi connectivity index (χ4v) is 6.36. The predicted octanol–water partition coefficient (Wildman–Crippen LogP) is 7.13. The number of amides is 1. The van der Waals surface area contributed by atoms with E-state index in [9.17, 15) is 19.8 Å². The van der Waals surface area contributed by atoms with E-state index in [0.717, 1.165) is 93.2 Å². The van der Waals surface area contributed by atoms with Crippen molar-refractivity contribution in [1.29, 1.82) is 0 Å². The van der Waals surface area contributed by atoms with E-state index in [0.29, 0.717) is 36.4 Å². The average molecular weight is 716 g/mol. The number of aliphatic hydroxyl groups is 2. The van der Waals surface area contributed by atoms with Gasteiger partial charge in [-0.1, -0.05) is 34.1 Å². The molecule has 8 bridgehead atoms. The lowest BCUT2D eigenvalue weighted by Crippen LogP contribution is -2.29. The number of hydrogen-bond donors (Lipinski definition) is 3. The molecule has 5 rings (SSSR count). The average Bonchev–Trinajstić information content (AvgIpc) is 3.83. The van der Waals surface area contributed by atoms with Gasteiger partial charge in [0, 0.05) is 68.3 Å². The maximum atomic E-state index is 13.5. The highest BCUT2D eigenvalue weighted by Gasteiger charge is 2.33. The van der Waals surface area contributed by atoms with Gasteiger partial charge in [-0.25, -0.2) is 15.0 Å². The molecule has 52 heavy (non-hydrogen) atoms. The zero-order valence-electron chi connectivity index (χ0n) is 32.9. The number of fused-ring (bicyclic) bond motifs is 5. The standard InChI is InChI=1S/C35H43N5O3.C4H8O2.C2H6O/c1-8-10-11-40(7)34(43)13-24-31-12-19(3)27(36-31)14-28-21(5)25(17-41)33(38-28)15-29-20(4)23(9-2)32(37-29)16-30-22(6)26(18-42)35(24)39-30;1-3-4(5)6-2;1-3-2/h14-16,18-19,36,41-42H,8-13,17H2,1-7H3;3H2,1-2H3;1-2H3/b26-18+,27-14?,31-24?,32-16?,33-15?;;. The summed E-state index contributed by atoms with van der Waals surface area (Å²) in [4.78, 5) is 40.3. The highest BCUT2D eigenvalue weighted by atomic mass is 16.5. The van der Waals surface area contributed by atoms with Crippen molar-refractivity contribution in [3.63, 3.8) is 0 Å². The first kappa shape index (κ1) is 41.8. The molecule has 0 aliphatic carbocycles. The SMILES string of the molecule is CCC(=O)OC.CCCCN(C)C(=O)CC1=C2CC(C)C(=CC3=NC(=CC4=NC(=CC5=C(C)/C(=C\O)C1=N5)C(CC)=C4C)C(CO)=C3C)N2.COC. The topological polar surface area (TPSA) is 145 Å². The zero-order chi connectivity index (χ0) is 38.7. The van der Waals surface area contributed by atoms with Gasteiger partial charge >= 0.3 is 5.97 Å². The molecule has 0 aromatic carbocycles. The van der Waals surface area contributed by atoms with E-state index < -0.39 is 0 Å². The van der Waals surface area contributed by atoms with Gasteiger partial charge in [-0.15, -0.1) is 0 Å². The fraction of sp³-hybridized carbons (Fsp3) is 0.488. The Morgan fingerprint density at radius 2 is 1.56 bits per heavy atom. The molecule has 282 valence electrons. The van der Waals surface area contributed by atoms with Crippen molar-refractivity contribution in [2.24, 2.45) is 20.9 Å². The molecule has 0 radical (unpaired) electrons. The molecule has 0 spiro atoms. The summed E-state index contributed by atoms with van der Waals surface area (Å²) in [5, 5.41) is 24.4. The molecule has 1 atom stereocenters. The number of ether oxygens (including phenoxy) is 2. The van der Waals surface area contributed by atoms with E-state index >= 15 is 0 Å². The minimum atomic E-state index is -0.157. The van der Waals surface area contributed by atoms with Crippen LogP contribution < -0.4 is 5.32 Å². The Morgan fingerprint density at radius 1 is 0.942 bits per heavy atom. The van der Waals surface area contributed by atoms with Gasteiger partial charge in [0.2, 0.25) is 5.91 Å². The van der Waals surface area contributed by atoms with E-state index in [1.807, 2.05) is 33.0 Å². The second-order valence-electron chi connectivity index (χ2n) is 13.3. The quantitative estimate of drug-likeness (QED) is 0.179. The number of allylic oxidation sites excluding steroid dienone is 10. The molecule has 0 aromatic heterocycles. The number of methoxy groups -OCH3 is 2. The number of nitrogens with one attached hydrogen (secondary N) is 1. The van der Waals surface area contributed by atoms with Gasteiger partial charge in [0.05, 0.1) is 60.6 Å². The molecular weight excluding hydrogens is 658 g/mol. The first-order chi connectivity index (χ1) is 24.8. The van der Waals surface area contributed by atoms with Gasteiger partial charge in [-0.2, -0.15) is 0 Å². The zero-order valence-corrected chi connectivity index (χ0v) is 32.9. The maximum absolute atomic E-state index is 13.5. The largest absolute Gasteiger partial charge is 0.515 e. The predicted molar refractivity (Wildman–Crippen MR) is 209 cm³/mol. The number of aliphatic imine (C=N–C) groups is 3. The minimum absolute atomic E-state index is 0.0138. The van der Waals surface area contributed by atoms with Crippen molar-refractivity contribution in [3.05, 3.63) is 92.0 Å². The van der Waals surface area contributed by atoms with Gasteiger partial charge in [0.15, 0.2) is 0 Å². The molecule has 1 fully saturated rings. The summed E-state index contributed by atoms with van der Waals surface area (Å²) < 4.78 is 8.51. The number of carbonyl (C=O) groups is 2. The third-order valence-electron chi connectivity index (χ3n) is 9.63. The molecule has 1 amide bonds. The molecule has 11 heteroatoms. The van der Waals surface area contributed by atoms with Crippen LogP contribution in [0.1, 0.15) is 87.0 Å². The van der Waals surface area contributed by atoms with Crippen LogP contribution in [-0.4, -0.2) is 85.7 Å². The normalized spacial score (nSPS) is 19.9. The summed E-state index contributed by atoms with van der Waals surface area (Å²) in [7, 11) is 6.48. The van der Waals surface area contributed by atoms with E-state index in [-0.39, 0.29) is 30.8 Å². The number of rotatable bonds is 8. The second kappa shape index (κ2) is 19.3. The smallest absolute Gasteiger partial charge is 0.305 e. The summed E-state index contributed by atoms with van der Waals surface area (Å²) in [6, 6.07) is 0. The number of aliphatic hydroxyl groups excluding tert-OH is 2. The first-order valence-electron chi connectivity index (χ1n) is 18.0. The molecule has 1 saturated heterocycles. The van der Waals surface area contributed by atoms with E-state index in [1.54, 1.807) is 26.0 Å². The molecule has 5 aliphatic rings. The molecule has 3 N–H and O–H groups in total. The number of unbranched alkanes of at least 4 members (excludes halogenated alkanes) is 1. The van der Waals surface area contributed by atoms with E-state index in [1.165, 1.54) is 7.11 Å². The van der Waals surface area contributed by atoms with Crippen LogP contribution in [0.2, 0.25) is 0 Å². The number of esters is 1. The summed E-state index contributed by atoms with van der Waals surface area (Å²) in [5.74, 6) is 0.00135. The van der Waals surface area contributed by atoms with Crippen LogP contribution in [0.5, 0.6) is 0 Å². The molecular formula is C41H57N5O6. The van der Waals surface area contributed by atoms with Crippen LogP contribution in [0.3, 0.4) is 0 Å². The van der Waals surface area contributed by atoms with Crippen LogP contribution >= 0.6 is 0 Å². The highest BCUT2D eigenvalue weighted by molar-refractivity contribution is 6.20. The number of nitrogens with zero attached hydrogens (tertiary/aromatic N) is 4. The van der Waals surface area contributed by atoms with Crippen LogP contribution in [0, 0.1) is 5.92 Å². The summed E-state index contributed by atoms with van der Waals surface area (Å²) in [5.41, 5.74) is 12.6.